The van der Waals surface area contributed by atoms with Crippen molar-refractivity contribution in [2.24, 2.45) is 0 Å². The molecule has 0 fully saturated rings. The standard InChI is InChI=1S/C12H14N4O3S/c1-12(2,11(18)19)13-6-9(17)14-7-4-3-5-8-10(7)16-20-15-8/h3-5,13H,6H2,1-2H3,(H,14,17)(H,18,19). The number of fused-ring (bicyclic) bond motifs is 1. The van der Waals surface area contributed by atoms with E-state index in [0.29, 0.717) is 16.7 Å². The largest absolute Gasteiger partial charge is 0.480 e. The number of carbonyl (C=O) groups is 2. The topological polar surface area (TPSA) is 104 Å². The molecule has 0 saturated carbocycles. The summed E-state index contributed by atoms with van der Waals surface area (Å²) in [6.45, 7) is 2.88. The number of nitrogens with one attached hydrogen (secondary N) is 2. The Balaban J connectivity index is 2.02. The van der Waals surface area contributed by atoms with E-state index < -0.39 is 11.5 Å². The van der Waals surface area contributed by atoms with Gasteiger partial charge in [0, 0.05) is 0 Å². The van der Waals surface area contributed by atoms with E-state index in [0.717, 1.165) is 11.7 Å². The smallest absolute Gasteiger partial charge is 0.323 e. The summed E-state index contributed by atoms with van der Waals surface area (Å²) in [4.78, 5) is 22.8. The normalized spacial score (nSPS) is 11.5. The molecule has 20 heavy (non-hydrogen) atoms. The highest BCUT2D eigenvalue weighted by Crippen LogP contribution is 2.20. The number of rotatable bonds is 5. The molecule has 1 amide bonds. The van der Waals surface area contributed by atoms with Crippen LogP contribution in [0.15, 0.2) is 18.2 Å². The van der Waals surface area contributed by atoms with E-state index in [1.165, 1.54) is 13.8 Å². The fourth-order valence-corrected chi connectivity index (χ4v) is 2.03. The van der Waals surface area contributed by atoms with Gasteiger partial charge in [0.05, 0.1) is 24.0 Å². The van der Waals surface area contributed by atoms with Crippen LogP contribution in [0.5, 0.6) is 0 Å². The number of aliphatic carboxylic acids is 1. The zero-order chi connectivity index (χ0) is 14.8. The monoisotopic (exact) mass is 294 g/mol. The van der Waals surface area contributed by atoms with E-state index in [1.807, 2.05) is 0 Å². The summed E-state index contributed by atoms with van der Waals surface area (Å²) in [5.41, 5.74) is 0.747. The van der Waals surface area contributed by atoms with E-state index in [9.17, 15) is 9.59 Å². The van der Waals surface area contributed by atoms with Crippen LogP contribution in [0.3, 0.4) is 0 Å². The molecule has 0 atom stereocenters. The average Bonchev–Trinajstić information content (AvgIpc) is 2.86. The second-order valence-electron chi connectivity index (χ2n) is 4.77. The van der Waals surface area contributed by atoms with Crippen molar-refractivity contribution in [3.05, 3.63) is 18.2 Å². The zero-order valence-corrected chi connectivity index (χ0v) is 11.8. The summed E-state index contributed by atoms with van der Waals surface area (Å²) < 4.78 is 8.19. The number of carboxylic acids is 1. The summed E-state index contributed by atoms with van der Waals surface area (Å²) >= 11 is 1.07. The molecule has 1 aromatic carbocycles. The molecule has 0 bridgehead atoms. The van der Waals surface area contributed by atoms with Crippen molar-refractivity contribution in [3.8, 4) is 0 Å². The number of carbonyl (C=O) groups excluding carboxylic acids is 1. The number of hydrogen-bond donors (Lipinski definition) is 3. The lowest BCUT2D eigenvalue weighted by molar-refractivity contribution is -0.143. The van der Waals surface area contributed by atoms with E-state index in [1.54, 1.807) is 18.2 Å². The van der Waals surface area contributed by atoms with Crippen molar-refractivity contribution < 1.29 is 14.7 Å². The van der Waals surface area contributed by atoms with Gasteiger partial charge in [-0.1, -0.05) is 6.07 Å². The maximum Gasteiger partial charge on any atom is 0.323 e. The highest BCUT2D eigenvalue weighted by atomic mass is 32.1. The number of hydrogen-bond acceptors (Lipinski definition) is 6. The van der Waals surface area contributed by atoms with Crippen LogP contribution < -0.4 is 10.6 Å². The van der Waals surface area contributed by atoms with Crippen LogP contribution in [0.2, 0.25) is 0 Å². The molecule has 0 unspecified atom stereocenters. The van der Waals surface area contributed by atoms with Crippen LogP contribution >= 0.6 is 11.7 Å². The van der Waals surface area contributed by atoms with Crippen molar-refractivity contribution in [2.75, 3.05) is 11.9 Å². The van der Waals surface area contributed by atoms with Gasteiger partial charge >= 0.3 is 5.97 Å². The lowest BCUT2D eigenvalue weighted by Crippen LogP contribution is -2.49. The third-order valence-electron chi connectivity index (χ3n) is 2.79. The highest BCUT2D eigenvalue weighted by Gasteiger charge is 2.26. The first-order chi connectivity index (χ1) is 9.40. The molecule has 3 N–H and O–H groups in total. The maximum absolute atomic E-state index is 11.8. The Morgan fingerprint density at radius 3 is 2.80 bits per heavy atom. The molecule has 0 radical (unpaired) electrons. The van der Waals surface area contributed by atoms with Gasteiger partial charge in [0.25, 0.3) is 0 Å². The molecule has 0 saturated heterocycles. The molecule has 2 aromatic rings. The molecule has 1 aromatic heterocycles. The molecule has 1 heterocycles. The number of aromatic nitrogens is 2. The first-order valence-electron chi connectivity index (χ1n) is 5.90. The van der Waals surface area contributed by atoms with Gasteiger partial charge in [-0.05, 0) is 26.0 Å². The molecular formula is C12H14N4O3S. The predicted octanol–water partition coefficient (Wildman–Crippen LogP) is 1.08. The zero-order valence-electron chi connectivity index (χ0n) is 11.0. The van der Waals surface area contributed by atoms with Crippen molar-refractivity contribution in [1.82, 2.24) is 14.1 Å². The highest BCUT2D eigenvalue weighted by molar-refractivity contribution is 7.00. The first kappa shape index (κ1) is 14.4. The van der Waals surface area contributed by atoms with Crippen LogP contribution in [-0.2, 0) is 9.59 Å². The van der Waals surface area contributed by atoms with Crippen molar-refractivity contribution in [3.63, 3.8) is 0 Å². The Labute approximate surface area is 119 Å². The van der Waals surface area contributed by atoms with E-state index in [2.05, 4.69) is 19.4 Å². The Bertz CT molecular complexity index is 653. The Kier molecular flexibility index (Phi) is 3.96. The molecular weight excluding hydrogens is 280 g/mol. The number of amides is 1. The third-order valence-corrected chi connectivity index (χ3v) is 3.33. The molecule has 106 valence electrons. The summed E-state index contributed by atoms with van der Waals surface area (Å²) in [5.74, 6) is -1.35. The maximum atomic E-state index is 11.8. The Morgan fingerprint density at radius 1 is 1.35 bits per heavy atom. The van der Waals surface area contributed by atoms with E-state index in [-0.39, 0.29) is 12.5 Å². The van der Waals surface area contributed by atoms with Gasteiger partial charge in [-0.25, -0.2) is 0 Å². The van der Waals surface area contributed by atoms with Crippen LogP contribution in [0.1, 0.15) is 13.8 Å². The molecule has 8 heteroatoms. The molecule has 7 nitrogen and oxygen atoms in total. The van der Waals surface area contributed by atoms with E-state index >= 15 is 0 Å². The summed E-state index contributed by atoms with van der Waals surface area (Å²) in [5, 5.41) is 14.3. The van der Waals surface area contributed by atoms with Gasteiger partial charge in [-0.15, -0.1) is 0 Å². The van der Waals surface area contributed by atoms with Gasteiger partial charge in [0.2, 0.25) is 5.91 Å². The van der Waals surface area contributed by atoms with Crippen LogP contribution in [0, 0.1) is 0 Å². The van der Waals surface area contributed by atoms with Crippen molar-refractivity contribution >= 4 is 40.3 Å². The SMILES string of the molecule is CC(C)(NCC(=O)Nc1cccc2nsnc12)C(=O)O. The second-order valence-corrected chi connectivity index (χ2v) is 5.30. The fourth-order valence-electron chi connectivity index (χ4n) is 1.48. The second kappa shape index (κ2) is 5.51. The fraction of sp³-hybridized carbons (Fsp3) is 0.333. The molecule has 0 aliphatic carbocycles. The number of nitrogens with zero attached hydrogens (tertiary/aromatic N) is 2. The van der Waals surface area contributed by atoms with Gasteiger partial charge < -0.3 is 10.4 Å². The van der Waals surface area contributed by atoms with Crippen LogP contribution in [0.4, 0.5) is 5.69 Å². The number of anilines is 1. The van der Waals surface area contributed by atoms with E-state index in [4.69, 9.17) is 5.11 Å². The number of carboxylic acid groups (broad SMARTS) is 1. The predicted molar refractivity (Wildman–Crippen MR) is 75.8 cm³/mol. The van der Waals surface area contributed by atoms with Gasteiger partial charge in [0.1, 0.15) is 16.6 Å². The Morgan fingerprint density at radius 2 is 2.10 bits per heavy atom. The minimum atomic E-state index is -1.16. The minimum Gasteiger partial charge on any atom is -0.480 e. The summed E-state index contributed by atoms with van der Waals surface area (Å²) in [6, 6.07) is 5.30. The van der Waals surface area contributed by atoms with Crippen LogP contribution in [0.25, 0.3) is 11.0 Å². The summed E-state index contributed by atoms with van der Waals surface area (Å²) in [7, 11) is 0. The molecule has 0 spiro atoms. The summed E-state index contributed by atoms with van der Waals surface area (Å²) in [6.07, 6.45) is 0. The van der Waals surface area contributed by atoms with Gasteiger partial charge in [-0.3, -0.25) is 14.9 Å². The minimum absolute atomic E-state index is 0.104. The molecule has 2 rings (SSSR count). The van der Waals surface area contributed by atoms with Crippen molar-refractivity contribution in [1.29, 1.82) is 0 Å². The molecule has 0 aliphatic rings. The van der Waals surface area contributed by atoms with Crippen molar-refractivity contribution in [2.45, 2.75) is 19.4 Å². The lowest BCUT2D eigenvalue weighted by atomic mass is 10.1. The first-order valence-corrected chi connectivity index (χ1v) is 6.63. The number of benzene rings is 1. The van der Waals surface area contributed by atoms with Gasteiger partial charge in [-0.2, -0.15) is 8.75 Å². The molecule has 0 aliphatic heterocycles. The van der Waals surface area contributed by atoms with Crippen LogP contribution in [-0.4, -0.2) is 37.8 Å². The Hall–Kier alpha value is -2.06. The van der Waals surface area contributed by atoms with Gasteiger partial charge in [0.15, 0.2) is 0 Å². The lowest BCUT2D eigenvalue weighted by Gasteiger charge is -2.20. The quantitative estimate of drug-likeness (QED) is 0.762. The average molecular weight is 294 g/mol. The third kappa shape index (κ3) is 3.09.